The van der Waals surface area contributed by atoms with E-state index in [9.17, 15) is 9.90 Å². The van der Waals surface area contributed by atoms with Crippen molar-refractivity contribution in [2.24, 2.45) is 0 Å². The molecule has 0 heterocycles. The fourth-order valence-electron chi connectivity index (χ4n) is 3.12. The molecule has 0 saturated heterocycles. The third kappa shape index (κ3) is 8.01. The number of anilines is 1. The summed E-state index contributed by atoms with van der Waals surface area (Å²) >= 11 is 5.96. The Labute approximate surface area is 206 Å². The van der Waals surface area contributed by atoms with Crippen molar-refractivity contribution in [3.8, 4) is 11.1 Å². The monoisotopic (exact) mass is 496 g/mol. The van der Waals surface area contributed by atoms with E-state index in [0.29, 0.717) is 30.2 Å². The number of ether oxygens (including phenoxy) is 1. The molecule has 3 N–H and O–H groups in total. The SMILES string of the molecule is COC(=O)c1cccc(-c2cccc(NCCNCC(O)c3cccc(Cl)c3)c2)c1.Cl.Cl. The van der Waals surface area contributed by atoms with Gasteiger partial charge in [0.15, 0.2) is 0 Å². The Morgan fingerprint density at radius 3 is 2.38 bits per heavy atom. The lowest BCUT2D eigenvalue weighted by molar-refractivity contribution is 0.0601. The Kier molecular flexibility index (Phi) is 12.1. The summed E-state index contributed by atoms with van der Waals surface area (Å²) in [7, 11) is 1.38. The van der Waals surface area contributed by atoms with Gasteiger partial charge in [-0.3, -0.25) is 0 Å². The molecule has 32 heavy (non-hydrogen) atoms. The third-order valence-electron chi connectivity index (χ3n) is 4.68. The number of rotatable bonds is 9. The van der Waals surface area contributed by atoms with Gasteiger partial charge in [-0.1, -0.05) is 48.0 Å². The molecular weight excluding hydrogens is 471 g/mol. The van der Waals surface area contributed by atoms with Crippen LogP contribution in [0.2, 0.25) is 5.02 Å². The van der Waals surface area contributed by atoms with Crippen LogP contribution in [0, 0.1) is 0 Å². The van der Waals surface area contributed by atoms with Crippen molar-refractivity contribution >= 4 is 48.1 Å². The van der Waals surface area contributed by atoms with Gasteiger partial charge in [0.05, 0.1) is 18.8 Å². The van der Waals surface area contributed by atoms with E-state index < -0.39 is 6.10 Å². The summed E-state index contributed by atoms with van der Waals surface area (Å²) in [5, 5.41) is 17.5. The molecule has 0 aromatic heterocycles. The molecule has 0 aliphatic heterocycles. The Bertz CT molecular complexity index is 1000. The molecule has 0 amide bonds. The van der Waals surface area contributed by atoms with Crippen molar-refractivity contribution < 1.29 is 14.6 Å². The van der Waals surface area contributed by atoms with Crippen molar-refractivity contribution in [1.29, 1.82) is 0 Å². The molecule has 0 saturated carbocycles. The second-order valence-corrected chi connectivity index (χ2v) is 7.29. The van der Waals surface area contributed by atoms with Gasteiger partial charge in [-0.2, -0.15) is 0 Å². The van der Waals surface area contributed by atoms with Gasteiger partial charge in [0, 0.05) is 30.3 Å². The summed E-state index contributed by atoms with van der Waals surface area (Å²) in [5.41, 5.74) is 4.26. The van der Waals surface area contributed by atoms with Gasteiger partial charge in [0.2, 0.25) is 0 Å². The van der Waals surface area contributed by atoms with Crippen molar-refractivity contribution in [1.82, 2.24) is 5.32 Å². The zero-order valence-corrected chi connectivity index (χ0v) is 20.0. The molecule has 1 atom stereocenters. The van der Waals surface area contributed by atoms with E-state index in [2.05, 4.69) is 10.6 Å². The smallest absolute Gasteiger partial charge is 0.337 e. The van der Waals surface area contributed by atoms with Gasteiger partial charge in [-0.05, 0) is 53.1 Å². The normalized spacial score (nSPS) is 11.0. The first-order valence-electron chi connectivity index (χ1n) is 9.74. The van der Waals surface area contributed by atoms with Crippen molar-refractivity contribution in [2.45, 2.75) is 6.10 Å². The summed E-state index contributed by atoms with van der Waals surface area (Å²) in [6.07, 6.45) is -0.603. The molecule has 0 bridgehead atoms. The number of nitrogens with one attached hydrogen (secondary N) is 2. The Hall–Kier alpha value is -2.28. The molecule has 5 nitrogen and oxygen atoms in total. The predicted octanol–water partition coefficient (Wildman–Crippen LogP) is 5.37. The van der Waals surface area contributed by atoms with Gasteiger partial charge in [0.1, 0.15) is 0 Å². The van der Waals surface area contributed by atoms with Crippen LogP contribution in [0.25, 0.3) is 11.1 Å². The van der Waals surface area contributed by atoms with Crippen LogP contribution in [0.1, 0.15) is 22.0 Å². The molecule has 3 aromatic rings. The average Bonchev–Trinajstić information content (AvgIpc) is 2.78. The zero-order valence-electron chi connectivity index (χ0n) is 17.6. The Morgan fingerprint density at radius 2 is 1.66 bits per heavy atom. The lowest BCUT2D eigenvalue weighted by Gasteiger charge is -2.13. The Balaban J connectivity index is 0.00000256. The van der Waals surface area contributed by atoms with Crippen LogP contribution in [-0.4, -0.2) is 37.8 Å². The van der Waals surface area contributed by atoms with Crippen LogP contribution in [0.15, 0.2) is 72.8 Å². The van der Waals surface area contributed by atoms with E-state index in [1.54, 1.807) is 18.2 Å². The van der Waals surface area contributed by atoms with Gasteiger partial charge in [-0.15, -0.1) is 24.8 Å². The first kappa shape index (κ1) is 27.8. The van der Waals surface area contributed by atoms with Crippen LogP contribution in [0.5, 0.6) is 0 Å². The first-order chi connectivity index (χ1) is 14.6. The number of carbonyl (C=O) groups is 1. The fourth-order valence-corrected chi connectivity index (χ4v) is 3.32. The van der Waals surface area contributed by atoms with Crippen LogP contribution < -0.4 is 10.6 Å². The van der Waals surface area contributed by atoms with Crippen LogP contribution >= 0.6 is 36.4 Å². The molecule has 172 valence electrons. The zero-order chi connectivity index (χ0) is 21.3. The number of aliphatic hydroxyl groups excluding tert-OH is 1. The number of aliphatic hydroxyl groups is 1. The summed E-state index contributed by atoms with van der Waals surface area (Å²) < 4.78 is 4.80. The number of benzene rings is 3. The van der Waals surface area contributed by atoms with Crippen molar-refractivity contribution in [3.63, 3.8) is 0 Å². The lowest BCUT2D eigenvalue weighted by atomic mass is 10.0. The minimum Gasteiger partial charge on any atom is -0.465 e. The van der Waals surface area contributed by atoms with Gasteiger partial charge in [-0.25, -0.2) is 4.79 Å². The molecule has 3 rings (SSSR count). The minimum atomic E-state index is -0.603. The molecular formula is C24H27Cl3N2O3. The van der Waals surface area contributed by atoms with Gasteiger partial charge in [0.25, 0.3) is 0 Å². The summed E-state index contributed by atoms with van der Waals surface area (Å²) in [6.45, 7) is 1.84. The number of hydrogen-bond acceptors (Lipinski definition) is 5. The standard InChI is InChI=1S/C24H25ClN2O3.2ClH/c1-30-24(29)20-8-2-5-17(13-20)18-6-4-10-22(15-18)27-12-11-26-16-23(28)19-7-3-9-21(25)14-19;;/h2-10,13-15,23,26-28H,11-12,16H2,1H3;2*1H. The van der Waals surface area contributed by atoms with E-state index in [-0.39, 0.29) is 30.8 Å². The first-order valence-corrected chi connectivity index (χ1v) is 10.1. The highest BCUT2D eigenvalue weighted by Crippen LogP contribution is 2.24. The maximum absolute atomic E-state index is 11.8. The second-order valence-electron chi connectivity index (χ2n) is 6.85. The van der Waals surface area contributed by atoms with E-state index >= 15 is 0 Å². The van der Waals surface area contributed by atoms with Gasteiger partial charge >= 0.3 is 5.97 Å². The largest absolute Gasteiger partial charge is 0.465 e. The predicted molar refractivity (Wildman–Crippen MR) is 135 cm³/mol. The summed E-state index contributed by atoms with van der Waals surface area (Å²) in [6, 6.07) is 22.6. The quantitative estimate of drug-likeness (QED) is 0.274. The van der Waals surface area contributed by atoms with E-state index in [0.717, 1.165) is 22.4 Å². The maximum atomic E-state index is 11.8. The molecule has 8 heteroatoms. The van der Waals surface area contributed by atoms with Crippen molar-refractivity contribution in [3.05, 3.63) is 88.9 Å². The number of hydrogen-bond donors (Lipinski definition) is 3. The molecule has 1 unspecified atom stereocenters. The molecule has 0 aliphatic carbocycles. The molecule has 0 fully saturated rings. The van der Waals surface area contributed by atoms with Crippen molar-refractivity contribution in [2.75, 3.05) is 32.1 Å². The fraction of sp³-hybridized carbons (Fsp3) is 0.208. The number of halogens is 3. The topological polar surface area (TPSA) is 70.6 Å². The van der Waals surface area contributed by atoms with Crippen LogP contribution in [0.4, 0.5) is 5.69 Å². The summed E-state index contributed by atoms with van der Waals surface area (Å²) in [4.78, 5) is 11.8. The average molecular weight is 498 g/mol. The highest BCUT2D eigenvalue weighted by molar-refractivity contribution is 6.30. The number of carbonyl (C=O) groups excluding carboxylic acids is 1. The highest BCUT2D eigenvalue weighted by Gasteiger charge is 2.08. The number of esters is 1. The molecule has 3 aromatic carbocycles. The van der Waals surface area contributed by atoms with E-state index in [1.165, 1.54) is 7.11 Å². The van der Waals surface area contributed by atoms with E-state index in [1.807, 2.05) is 54.6 Å². The Morgan fingerprint density at radius 1 is 0.969 bits per heavy atom. The van der Waals surface area contributed by atoms with Crippen LogP contribution in [0.3, 0.4) is 0 Å². The van der Waals surface area contributed by atoms with E-state index in [4.69, 9.17) is 16.3 Å². The van der Waals surface area contributed by atoms with Gasteiger partial charge < -0.3 is 20.5 Å². The third-order valence-corrected chi connectivity index (χ3v) is 4.92. The van der Waals surface area contributed by atoms with Crippen LogP contribution in [-0.2, 0) is 4.74 Å². The minimum absolute atomic E-state index is 0. The lowest BCUT2D eigenvalue weighted by Crippen LogP contribution is -2.26. The summed E-state index contributed by atoms with van der Waals surface area (Å²) in [5.74, 6) is -0.350. The maximum Gasteiger partial charge on any atom is 0.337 e. The molecule has 0 aliphatic rings. The second kappa shape index (κ2) is 14.0. The molecule has 0 radical (unpaired) electrons. The highest BCUT2D eigenvalue weighted by atomic mass is 35.5. The molecule has 0 spiro atoms. The number of methoxy groups -OCH3 is 1.